The van der Waals surface area contributed by atoms with Crippen molar-refractivity contribution in [3.8, 4) is 0 Å². The number of nitrogens with zero attached hydrogens (tertiary/aromatic N) is 4. The van der Waals surface area contributed by atoms with Crippen molar-refractivity contribution >= 4 is 23.6 Å². The van der Waals surface area contributed by atoms with Crippen molar-refractivity contribution < 1.29 is 19.5 Å². The summed E-state index contributed by atoms with van der Waals surface area (Å²) in [6.07, 6.45) is -0.138. The van der Waals surface area contributed by atoms with Gasteiger partial charge in [-0.2, -0.15) is 0 Å². The second-order valence-corrected chi connectivity index (χ2v) is 7.40. The van der Waals surface area contributed by atoms with Crippen LogP contribution in [0.1, 0.15) is 22.8 Å². The Morgan fingerprint density at radius 2 is 1.93 bits per heavy atom. The summed E-state index contributed by atoms with van der Waals surface area (Å²) in [4.78, 5) is 42.9. The zero-order valence-electron chi connectivity index (χ0n) is 16.0. The van der Waals surface area contributed by atoms with Gasteiger partial charge in [0.15, 0.2) is 0 Å². The topological polar surface area (TPSA) is 84.4 Å². The zero-order chi connectivity index (χ0) is 19.7. The summed E-state index contributed by atoms with van der Waals surface area (Å²) in [6, 6.07) is 5.39. The Morgan fingerprint density at radius 1 is 1.19 bits per heavy atom. The highest BCUT2D eigenvalue weighted by molar-refractivity contribution is 6.00. The third-order valence-electron chi connectivity index (χ3n) is 5.25. The Labute approximate surface area is 158 Å². The van der Waals surface area contributed by atoms with Crippen molar-refractivity contribution in [1.82, 2.24) is 14.7 Å². The first kappa shape index (κ1) is 19.2. The van der Waals surface area contributed by atoms with Gasteiger partial charge in [0.05, 0.1) is 6.54 Å². The van der Waals surface area contributed by atoms with Crippen molar-refractivity contribution in [2.75, 3.05) is 51.7 Å². The highest BCUT2D eigenvalue weighted by Crippen LogP contribution is 2.29. The molecule has 0 aromatic heterocycles. The molecule has 1 fully saturated rings. The first-order valence-corrected chi connectivity index (χ1v) is 9.14. The van der Waals surface area contributed by atoms with Crippen LogP contribution in [0, 0.1) is 0 Å². The van der Waals surface area contributed by atoms with Crippen LogP contribution >= 0.6 is 0 Å². The maximum atomic E-state index is 12.9. The fourth-order valence-corrected chi connectivity index (χ4v) is 3.77. The van der Waals surface area contributed by atoms with Gasteiger partial charge in [-0.05, 0) is 31.0 Å². The van der Waals surface area contributed by atoms with E-state index in [1.54, 1.807) is 25.1 Å². The normalized spacial score (nSPS) is 19.7. The first-order chi connectivity index (χ1) is 12.8. The molecule has 0 unspecified atom stereocenters. The molecule has 0 spiro atoms. The SMILES string of the molecule is C[C@@H]1CN(CC(=O)N2CCc3ccc(C(=O)N(C)C)cc32)CCN1C(=O)O. The molecule has 1 atom stereocenters. The fraction of sp³-hybridized carbons (Fsp3) is 0.526. The van der Waals surface area contributed by atoms with Gasteiger partial charge in [0, 0.05) is 57.6 Å². The number of benzene rings is 1. The van der Waals surface area contributed by atoms with Crippen molar-refractivity contribution in [2.45, 2.75) is 19.4 Å². The lowest BCUT2D eigenvalue weighted by Crippen LogP contribution is -2.55. The minimum absolute atomic E-state index is 0.0147. The van der Waals surface area contributed by atoms with Crippen molar-refractivity contribution in [1.29, 1.82) is 0 Å². The van der Waals surface area contributed by atoms with Crippen LogP contribution in [-0.4, -0.2) is 90.6 Å². The summed E-state index contributed by atoms with van der Waals surface area (Å²) in [5.74, 6) is -0.102. The number of fused-ring (bicyclic) bond motifs is 1. The predicted molar refractivity (Wildman–Crippen MR) is 101 cm³/mol. The Hall–Kier alpha value is -2.61. The smallest absolute Gasteiger partial charge is 0.407 e. The molecule has 0 bridgehead atoms. The van der Waals surface area contributed by atoms with E-state index in [1.165, 1.54) is 9.80 Å². The molecule has 8 nitrogen and oxygen atoms in total. The van der Waals surface area contributed by atoms with E-state index < -0.39 is 6.09 Å². The molecule has 0 radical (unpaired) electrons. The zero-order valence-corrected chi connectivity index (χ0v) is 16.0. The lowest BCUT2D eigenvalue weighted by molar-refractivity contribution is -0.120. The molecule has 3 rings (SSSR count). The van der Waals surface area contributed by atoms with Crippen LogP contribution in [-0.2, 0) is 11.2 Å². The van der Waals surface area contributed by atoms with Gasteiger partial charge in [-0.25, -0.2) is 4.79 Å². The molecule has 0 aliphatic carbocycles. The maximum Gasteiger partial charge on any atom is 0.407 e. The Kier molecular flexibility index (Phi) is 5.36. The molecule has 8 heteroatoms. The second kappa shape index (κ2) is 7.56. The first-order valence-electron chi connectivity index (χ1n) is 9.14. The maximum absolute atomic E-state index is 12.9. The minimum atomic E-state index is -0.917. The second-order valence-electron chi connectivity index (χ2n) is 7.40. The lowest BCUT2D eigenvalue weighted by Gasteiger charge is -2.38. The van der Waals surface area contributed by atoms with Crippen LogP contribution in [0.3, 0.4) is 0 Å². The van der Waals surface area contributed by atoms with Gasteiger partial charge in [-0.3, -0.25) is 14.5 Å². The van der Waals surface area contributed by atoms with E-state index in [4.69, 9.17) is 5.11 Å². The average Bonchev–Trinajstić information content (AvgIpc) is 3.03. The van der Waals surface area contributed by atoms with E-state index in [0.29, 0.717) is 31.7 Å². The molecule has 2 heterocycles. The number of hydrogen-bond acceptors (Lipinski definition) is 4. The average molecular weight is 374 g/mol. The van der Waals surface area contributed by atoms with Gasteiger partial charge in [-0.15, -0.1) is 0 Å². The highest BCUT2D eigenvalue weighted by atomic mass is 16.4. The quantitative estimate of drug-likeness (QED) is 0.852. The minimum Gasteiger partial charge on any atom is -0.465 e. The number of carbonyl (C=O) groups is 3. The standard InChI is InChI=1S/C19H26N4O4/c1-13-11-21(8-9-22(13)19(26)27)12-17(24)23-7-6-14-4-5-15(10-16(14)23)18(25)20(2)3/h4-5,10,13H,6-9,11-12H2,1-3H3,(H,26,27)/t13-/m1/s1. The number of carboxylic acid groups (broad SMARTS) is 1. The van der Waals surface area contributed by atoms with E-state index in [0.717, 1.165) is 17.7 Å². The third-order valence-corrected chi connectivity index (χ3v) is 5.25. The molecule has 2 aliphatic heterocycles. The molecule has 1 N–H and O–H groups in total. The summed E-state index contributed by atoms with van der Waals surface area (Å²) < 4.78 is 0. The van der Waals surface area contributed by atoms with Crippen molar-refractivity contribution in [2.24, 2.45) is 0 Å². The molecular formula is C19H26N4O4. The summed E-state index contributed by atoms with van der Waals surface area (Å²) in [6.45, 7) is 4.21. The van der Waals surface area contributed by atoms with Gasteiger partial charge in [0.25, 0.3) is 5.91 Å². The molecule has 1 saturated heterocycles. The van der Waals surface area contributed by atoms with Crippen LogP contribution in [0.25, 0.3) is 0 Å². The van der Waals surface area contributed by atoms with Crippen molar-refractivity contribution in [3.05, 3.63) is 29.3 Å². The largest absolute Gasteiger partial charge is 0.465 e. The van der Waals surface area contributed by atoms with Crippen LogP contribution in [0.5, 0.6) is 0 Å². The van der Waals surface area contributed by atoms with E-state index in [-0.39, 0.29) is 24.4 Å². The molecular weight excluding hydrogens is 348 g/mol. The van der Waals surface area contributed by atoms with Crippen LogP contribution < -0.4 is 4.90 Å². The summed E-state index contributed by atoms with van der Waals surface area (Å²) in [5.41, 5.74) is 2.45. The van der Waals surface area contributed by atoms with Gasteiger partial charge in [0.1, 0.15) is 0 Å². The van der Waals surface area contributed by atoms with Gasteiger partial charge < -0.3 is 19.8 Å². The molecule has 27 heavy (non-hydrogen) atoms. The monoisotopic (exact) mass is 374 g/mol. The summed E-state index contributed by atoms with van der Waals surface area (Å²) in [7, 11) is 3.41. The number of carbonyl (C=O) groups excluding carboxylic acids is 2. The fourth-order valence-electron chi connectivity index (χ4n) is 3.77. The van der Waals surface area contributed by atoms with E-state index in [1.807, 2.05) is 24.0 Å². The third kappa shape index (κ3) is 3.90. The number of piperazine rings is 1. The lowest BCUT2D eigenvalue weighted by atomic mass is 10.1. The Bertz CT molecular complexity index is 764. The summed E-state index contributed by atoms with van der Waals surface area (Å²) in [5, 5.41) is 9.17. The van der Waals surface area contributed by atoms with Gasteiger partial charge in [-0.1, -0.05) is 6.07 Å². The van der Waals surface area contributed by atoms with E-state index in [9.17, 15) is 14.4 Å². The summed E-state index contributed by atoms with van der Waals surface area (Å²) >= 11 is 0. The Balaban J connectivity index is 1.69. The molecule has 146 valence electrons. The molecule has 1 aromatic rings. The van der Waals surface area contributed by atoms with Crippen LogP contribution in [0.15, 0.2) is 18.2 Å². The predicted octanol–water partition coefficient (Wildman–Crippen LogP) is 0.962. The van der Waals surface area contributed by atoms with Crippen molar-refractivity contribution in [3.63, 3.8) is 0 Å². The molecule has 1 aromatic carbocycles. The van der Waals surface area contributed by atoms with Gasteiger partial charge in [0.2, 0.25) is 5.91 Å². The highest BCUT2D eigenvalue weighted by Gasteiger charge is 2.31. The Morgan fingerprint density at radius 3 is 2.56 bits per heavy atom. The van der Waals surface area contributed by atoms with Gasteiger partial charge >= 0.3 is 6.09 Å². The van der Waals surface area contributed by atoms with Crippen LogP contribution in [0.4, 0.5) is 10.5 Å². The van der Waals surface area contributed by atoms with Crippen LogP contribution in [0.2, 0.25) is 0 Å². The number of hydrogen-bond donors (Lipinski definition) is 1. The number of anilines is 1. The number of rotatable bonds is 3. The molecule has 2 aliphatic rings. The number of amides is 3. The van der Waals surface area contributed by atoms with E-state index in [2.05, 4.69) is 0 Å². The molecule has 0 saturated carbocycles. The van der Waals surface area contributed by atoms with E-state index >= 15 is 0 Å². The molecule has 3 amide bonds.